The molecule has 0 amide bonds. The third-order valence-corrected chi connectivity index (χ3v) is 6.24. The first-order valence-corrected chi connectivity index (χ1v) is 11.0. The van der Waals surface area contributed by atoms with E-state index in [-0.39, 0.29) is 29.7 Å². The third-order valence-electron chi connectivity index (χ3n) is 6.24. The molecule has 0 spiro atoms. The summed E-state index contributed by atoms with van der Waals surface area (Å²) in [4.78, 5) is 16.9. The van der Waals surface area contributed by atoms with Gasteiger partial charge in [-0.1, -0.05) is 32.4 Å². The van der Waals surface area contributed by atoms with Gasteiger partial charge >= 0.3 is 0 Å². The van der Waals surface area contributed by atoms with Crippen molar-refractivity contribution in [1.29, 1.82) is 0 Å². The van der Waals surface area contributed by atoms with Crippen molar-refractivity contribution in [1.82, 2.24) is 25.2 Å². The van der Waals surface area contributed by atoms with Crippen LogP contribution in [0.15, 0.2) is 29.1 Å². The molecule has 168 valence electrons. The Kier molecular flexibility index (Phi) is 6.91. The standard InChI is InChI=1S/C23H34N6O2/c1-7-23(5,6)29-21(25-26-27-29)20(15(2)3)28(10-11-30)14-18-13-17-12-16(4)8-9-19(17)24-22(18)31/h8-9,12-13,15,20,30H,7,10-11,14H2,1-6H3,(H,24,31)/p+1/t20-/m1/s1. The van der Waals surface area contributed by atoms with Crippen LogP contribution in [-0.2, 0) is 12.1 Å². The molecule has 1 aromatic carbocycles. The summed E-state index contributed by atoms with van der Waals surface area (Å²) >= 11 is 0. The number of nitrogens with zero attached hydrogens (tertiary/aromatic N) is 4. The van der Waals surface area contributed by atoms with Crippen LogP contribution >= 0.6 is 0 Å². The summed E-state index contributed by atoms with van der Waals surface area (Å²) in [7, 11) is 0. The second kappa shape index (κ2) is 9.28. The maximum atomic E-state index is 12.8. The zero-order valence-corrected chi connectivity index (χ0v) is 19.4. The number of aryl methyl sites for hydroxylation is 1. The smallest absolute Gasteiger partial charge is 0.257 e. The molecule has 2 aromatic heterocycles. The van der Waals surface area contributed by atoms with E-state index in [2.05, 4.69) is 61.2 Å². The number of fused-ring (bicyclic) bond motifs is 1. The van der Waals surface area contributed by atoms with Gasteiger partial charge in [-0.2, -0.15) is 0 Å². The van der Waals surface area contributed by atoms with Crippen LogP contribution in [-0.4, -0.2) is 43.4 Å². The van der Waals surface area contributed by atoms with Crippen LogP contribution in [0.25, 0.3) is 10.9 Å². The minimum absolute atomic E-state index is 0.0158. The zero-order valence-electron chi connectivity index (χ0n) is 19.4. The molecule has 8 heteroatoms. The van der Waals surface area contributed by atoms with Gasteiger partial charge in [-0.25, -0.2) is 4.68 Å². The zero-order chi connectivity index (χ0) is 22.8. The SMILES string of the molecule is CCC(C)(C)n1nnnc1[C@@H](C(C)C)[NH+](CCO)Cc1cc2cc(C)ccc2[nH]c1=O. The second-order valence-corrected chi connectivity index (χ2v) is 9.36. The molecule has 3 N–H and O–H groups in total. The van der Waals surface area contributed by atoms with Crippen LogP contribution in [0.3, 0.4) is 0 Å². The number of nitrogens with one attached hydrogen (secondary N) is 2. The number of H-pyrrole nitrogens is 1. The van der Waals surface area contributed by atoms with Crippen LogP contribution in [0, 0.1) is 12.8 Å². The maximum Gasteiger partial charge on any atom is 0.257 e. The van der Waals surface area contributed by atoms with Crippen molar-refractivity contribution >= 4 is 10.9 Å². The van der Waals surface area contributed by atoms with Gasteiger partial charge in [0.15, 0.2) is 6.04 Å². The van der Waals surface area contributed by atoms with Gasteiger partial charge in [0.25, 0.3) is 5.56 Å². The largest absolute Gasteiger partial charge is 0.391 e. The van der Waals surface area contributed by atoms with E-state index in [4.69, 9.17) is 0 Å². The molecule has 1 unspecified atom stereocenters. The van der Waals surface area contributed by atoms with E-state index in [1.54, 1.807) is 0 Å². The number of hydrogen-bond donors (Lipinski definition) is 3. The van der Waals surface area contributed by atoms with Crippen molar-refractivity contribution in [2.24, 2.45) is 5.92 Å². The lowest BCUT2D eigenvalue weighted by Crippen LogP contribution is -3.12. The second-order valence-electron chi connectivity index (χ2n) is 9.36. The lowest BCUT2D eigenvalue weighted by Gasteiger charge is -2.32. The average Bonchev–Trinajstić information content (AvgIpc) is 3.19. The number of quaternary nitrogens is 1. The fraction of sp³-hybridized carbons (Fsp3) is 0.565. The first kappa shape index (κ1) is 23.1. The summed E-state index contributed by atoms with van der Waals surface area (Å²) in [6.45, 7) is 13.6. The summed E-state index contributed by atoms with van der Waals surface area (Å²) in [5.41, 5.74) is 2.35. The van der Waals surface area contributed by atoms with Gasteiger partial charge in [0.1, 0.15) is 13.1 Å². The van der Waals surface area contributed by atoms with E-state index in [1.165, 1.54) is 0 Å². The van der Waals surface area contributed by atoms with Crippen LogP contribution in [0.2, 0.25) is 0 Å². The van der Waals surface area contributed by atoms with Crippen LogP contribution in [0.1, 0.15) is 64.0 Å². The Labute approximate surface area is 183 Å². The van der Waals surface area contributed by atoms with Crippen molar-refractivity contribution < 1.29 is 10.0 Å². The molecule has 0 saturated carbocycles. The van der Waals surface area contributed by atoms with E-state index in [9.17, 15) is 9.90 Å². The van der Waals surface area contributed by atoms with Gasteiger partial charge in [0, 0.05) is 11.4 Å². The highest BCUT2D eigenvalue weighted by Crippen LogP contribution is 2.24. The van der Waals surface area contributed by atoms with Crippen LogP contribution in [0.4, 0.5) is 0 Å². The van der Waals surface area contributed by atoms with Crippen molar-refractivity contribution in [2.75, 3.05) is 13.2 Å². The highest BCUT2D eigenvalue weighted by Gasteiger charge is 2.36. The Bertz CT molecular complexity index is 1090. The number of aromatic amines is 1. The number of aliphatic hydroxyl groups excluding tert-OH is 1. The van der Waals surface area contributed by atoms with Crippen molar-refractivity contribution in [3.63, 3.8) is 0 Å². The minimum atomic E-state index is -0.228. The van der Waals surface area contributed by atoms with Gasteiger partial charge in [-0.3, -0.25) is 4.79 Å². The molecular formula is C23H35N6O2+. The molecular weight excluding hydrogens is 392 g/mol. The highest BCUT2D eigenvalue weighted by molar-refractivity contribution is 5.79. The molecule has 0 radical (unpaired) electrons. The first-order valence-electron chi connectivity index (χ1n) is 11.0. The van der Waals surface area contributed by atoms with E-state index >= 15 is 0 Å². The molecule has 0 aliphatic carbocycles. The molecule has 0 bridgehead atoms. The maximum absolute atomic E-state index is 12.8. The molecule has 0 saturated heterocycles. The summed E-state index contributed by atoms with van der Waals surface area (Å²) in [6.07, 6.45) is 0.884. The Hall–Kier alpha value is -2.58. The number of hydrogen-bond acceptors (Lipinski definition) is 5. The molecule has 3 rings (SSSR count). The van der Waals surface area contributed by atoms with Gasteiger partial charge in [0.2, 0.25) is 5.82 Å². The molecule has 8 nitrogen and oxygen atoms in total. The molecule has 3 aromatic rings. The highest BCUT2D eigenvalue weighted by atomic mass is 16.3. The quantitative estimate of drug-likeness (QED) is 0.483. The topological polar surface area (TPSA) is 101 Å². The van der Waals surface area contributed by atoms with E-state index in [0.29, 0.717) is 18.7 Å². The lowest BCUT2D eigenvalue weighted by atomic mass is 9.97. The number of rotatable bonds is 9. The molecule has 0 aliphatic heterocycles. The number of benzene rings is 1. The summed E-state index contributed by atoms with van der Waals surface area (Å²) in [5.74, 6) is 0.999. The van der Waals surface area contributed by atoms with Crippen molar-refractivity contribution in [3.8, 4) is 0 Å². The fourth-order valence-electron chi connectivity index (χ4n) is 4.17. The predicted octanol–water partition coefficient (Wildman–Crippen LogP) is 1.74. The summed E-state index contributed by atoms with van der Waals surface area (Å²) < 4.78 is 1.91. The van der Waals surface area contributed by atoms with Crippen LogP contribution < -0.4 is 10.5 Å². The van der Waals surface area contributed by atoms with E-state index < -0.39 is 0 Å². The Morgan fingerprint density at radius 2 is 2.00 bits per heavy atom. The summed E-state index contributed by atoms with van der Waals surface area (Å²) in [6, 6.07) is 7.90. The van der Waals surface area contributed by atoms with Gasteiger partial charge in [-0.05, 0) is 61.2 Å². The van der Waals surface area contributed by atoms with Gasteiger partial charge in [-0.15, -0.1) is 5.10 Å². The van der Waals surface area contributed by atoms with Gasteiger partial charge < -0.3 is 15.0 Å². The third kappa shape index (κ3) is 4.85. The molecule has 0 fully saturated rings. The van der Waals surface area contributed by atoms with Gasteiger partial charge in [0.05, 0.1) is 17.7 Å². The fourth-order valence-corrected chi connectivity index (χ4v) is 4.17. The van der Waals surface area contributed by atoms with Crippen LogP contribution in [0.5, 0.6) is 0 Å². The van der Waals surface area contributed by atoms with E-state index in [0.717, 1.165) is 33.6 Å². The molecule has 2 heterocycles. The minimum Gasteiger partial charge on any atom is -0.391 e. The van der Waals surface area contributed by atoms with Crippen molar-refractivity contribution in [3.05, 3.63) is 51.6 Å². The predicted molar refractivity (Wildman–Crippen MR) is 121 cm³/mol. The Balaban J connectivity index is 2.04. The molecule has 31 heavy (non-hydrogen) atoms. The average molecular weight is 428 g/mol. The molecule has 0 aliphatic rings. The first-order chi connectivity index (χ1) is 14.7. The van der Waals surface area contributed by atoms with Crippen molar-refractivity contribution in [2.45, 2.75) is 66.1 Å². The monoisotopic (exact) mass is 427 g/mol. The number of pyridine rings is 1. The number of aliphatic hydroxyl groups is 1. The Morgan fingerprint density at radius 1 is 1.26 bits per heavy atom. The number of tetrazole rings is 1. The summed E-state index contributed by atoms with van der Waals surface area (Å²) in [5, 5.41) is 23.5. The number of aromatic nitrogens is 5. The Morgan fingerprint density at radius 3 is 2.65 bits per heavy atom. The lowest BCUT2D eigenvalue weighted by molar-refractivity contribution is -0.950. The van der Waals surface area contributed by atoms with E-state index in [1.807, 2.05) is 29.8 Å². The molecule has 2 atom stereocenters. The normalized spacial score (nSPS) is 14.3.